The number of hydroxylamine groups is 1. The fourth-order valence-corrected chi connectivity index (χ4v) is 0.991. The Morgan fingerprint density at radius 2 is 2.14 bits per heavy atom. The minimum Gasteiger partial charge on any atom is -0.480 e. The van der Waals surface area contributed by atoms with Gasteiger partial charge in [-0.25, -0.2) is 0 Å². The number of carbonyl (C=O) groups is 1. The van der Waals surface area contributed by atoms with E-state index in [1.54, 1.807) is 0 Å². The molecule has 1 saturated carbocycles. The van der Waals surface area contributed by atoms with E-state index in [2.05, 4.69) is 4.84 Å². The van der Waals surface area contributed by atoms with Crippen molar-refractivity contribution < 1.29 is 27.9 Å². The third-order valence-electron chi connectivity index (χ3n) is 1.81. The molecule has 2 N–H and O–H groups in total. The van der Waals surface area contributed by atoms with Crippen LogP contribution in [0.3, 0.4) is 0 Å². The largest absolute Gasteiger partial charge is 0.480 e. The second-order valence-corrected chi connectivity index (χ2v) is 3.18. The molecule has 1 aliphatic rings. The van der Waals surface area contributed by atoms with Gasteiger partial charge in [0.2, 0.25) is 0 Å². The lowest BCUT2D eigenvalue weighted by Crippen LogP contribution is -2.40. The van der Waals surface area contributed by atoms with Crippen LogP contribution < -0.4 is 5.48 Å². The van der Waals surface area contributed by atoms with Gasteiger partial charge in [-0.3, -0.25) is 9.63 Å². The SMILES string of the molecule is O=C(O)C(NOCC(F)(F)F)C1CC1. The van der Waals surface area contributed by atoms with Gasteiger partial charge >= 0.3 is 12.1 Å². The molecule has 0 aromatic heterocycles. The van der Waals surface area contributed by atoms with Crippen molar-refractivity contribution in [1.29, 1.82) is 0 Å². The highest BCUT2D eigenvalue weighted by Gasteiger charge is 2.37. The van der Waals surface area contributed by atoms with Crippen molar-refractivity contribution in [3.63, 3.8) is 0 Å². The molecule has 0 aliphatic heterocycles. The highest BCUT2D eigenvalue weighted by Crippen LogP contribution is 2.32. The molecule has 7 heteroatoms. The molecule has 1 aliphatic carbocycles. The fourth-order valence-electron chi connectivity index (χ4n) is 0.991. The summed E-state index contributed by atoms with van der Waals surface area (Å²) in [6.45, 7) is -1.48. The Hall–Kier alpha value is -0.820. The second kappa shape index (κ2) is 4.14. The highest BCUT2D eigenvalue weighted by molar-refractivity contribution is 5.74. The van der Waals surface area contributed by atoms with Crippen molar-refractivity contribution in [2.24, 2.45) is 5.92 Å². The Morgan fingerprint density at radius 1 is 1.57 bits per heavy atom. The van der Waals surface area contributed by atoms with E-state index in [9.17, 15) is 18.0 Å². The first-order chi connectivity index (χ1) is 6.40. The van der Waals surface area contributed by atoms with E-state index in [1.807, 2.05) is 5.48 Å². The molecular weight excluding hydrogens is 203 g/mol. The summed E-state index contributed by atoms with van der Waals surface area (Å²) in [7, 11) is 0. The van der Waals surface area contributed by atoms with Crippen molar-refractivity contribution in [3.8, 4) is 0 Å². The summed E-state index contributed by atoms with van der Waals surface area (Å²) in [5.41, 5.74) is 1.92. The van der Waals surface area contributed by atoms with Gasteiger partial charge < -0.3 is 5.11 Å². The Labute approximate surface area is 78.0 Å². The van der Waals surface area contributed by atoms with Gasteiger partial charge in [0.05, 0.1) is 0 Å². The van der Waals surface area contributed by atoms with Gasteiger partial charge in [0.1, 0.15) is 6.04 Å². The summed E-state index contributed by atoms with van der Waals surface area (Å²) in [6.07, 6.45) is -3.03. The number of nitrogens with one attached hydrogen (secondary N) is 1. The Balaban J connectivity index is 2.24. The first kappa shape index (κ1) is 11.3. The molecule has 0 bridgehead atoms. The molecule has 0 aromatic rings. The molecule has 4 nitrogen and oxygen atoms in total. The molecule has 0 radical (unpaired) electrons. The Kier molecular flexibility index (Phi) is 3.33. The van der Waals surface area contributed by atoms with E-state index in [0.717, 1.165) is 0 Å². The van der Waals surface area contributed by atoms with Gasteiger partial charge in [0.15, 0.2) is 6.61 Å². The number of rotatable bonds is 5. The van der Waals surface area contributed by atoms with Crippen LogP contribution in [0.4, 0.5) is 13.2 Å². The molecule has 0 spiro atoms. The summed E-state index contributed by atoms with van der Waals surface area (Å²) in [5.74, 6) is -1.30. The molecular formula is C7H10F3NO3. The van der Waals surface area contributed by atoms with Crippen LogP contribution in [0.15, 0.2) is 0 Å². The predicted molar refractivity (Wildman–Crippen MR) is 39.3 cm³/mol. The van der Waals surface area contributed by atoms with Crippen molar-refractivity contribution in [2.75, 3.05) is 6.61 Å². The van der Waals surface area contributed by atoms with E-state index < -0.39 is 24.8 Å². The number of halogens is 3. The summed E-state index contributed by atoms with van der Waals surface area (Å²) < 4.78 is 34.8. The zero-order chi connectivity index (χ0) is 10.8. The highest BCUT2D eigenvalue weighted by atomic mass is 19.4. The fraction of sp³-hybridized carbons (Fsp3) is 0.857. The maximum Gasteiger partial charge on any atom is 0.413 e. The monoisotopic (exact) mass is 213 g/mol. The number of hydrogen-bond donors (Lipinski definition) is 2. The summed E-state index contributed by atoms with van der Waals surface area (Å²) in [6, 6.07) is -1.03. The molecule has 14 heavy (non-hydrogen) atoms. The van der Waals surface area contributed by atoms with Crippen molar-refractivity contribution >= 4 is 5.97 Å². The lowest BCUT2D eigenvalue weighted by Gasteiger charge is -2.14. The molecule has 1 unspecified atom stereocenters. The second-order valence-electron chi connectivity index (χ2n) is 3.18. The molecule has 0 aromatic carbocycles. The smallest absolute Gasteiger partial charge is 0.413 e. The van der Waals surface area contributed by atoms with Gasteiger partial charge in [-0.05, 0) is 18.8 Å². The van der Waals surface area contributed by atoms with Gasteiger partial charge in [0.25, 0.3) is 0 Å². The van der Waals surface area contributed by atoms with E-state index in [1.165, 1.54) is 0 Å². The molecule has 82 valence electrons. The molecule has 1 fully saturated rings. The van der Waals surface area contributed by atoms with Crippen molar-refractivity contribution in [3.05, 3.63) is 0 Å². The average molecular weight is 213 g/mol. The summed E-state index contributed by atoms with van der Waals surface area (Å²) in [5, 5.41) is 8.59. The first-order valence-corrected chi connectivity index (χ1v) is 4.07. The third-order valence-corrected chi connectivity index (χ3v) is 1.81. The quantitative estimate of drug-likeness (QED) is 0.667. The normalized spacial score (nSPS) is 19.4. The maximum atomic E-state index is 11.6. The predicted octanol–water partition coefficient (Wildman–Crippen LogP) is 0.933. The van der Waals surface area contributed by atoms with Gasteiger partial charge in [0, 0.05) is 0 Å². The molecule has 0 saturated heterocycles. The molecule has 0 heterocycles. The van der Waals surface area contributed by atoms with Crippen LogP contribution in [-0.4, -0.2) is 29.9 Å². The lowest BCUT2D eigenvalue weighted by atomic mass is 10.2. The van der Waals surface area contributed by atoms with Crippen LogP contribution in [-0.2, 0) is 9.63 Å². The van der Waals surface area contributed by atoms with E-state index in [4.69, 9.17) is 5.11 Å². The number of carboxylic acid groups (broad SMARTS) is 1. The average Bonchev–Trinajstić information content (AvgIpc) is 2.77. The van der Waals surface area contributed by atoms with Crippen molar-refractivity contribution in [1.82, 2.24) is 5.48 Å². The van der Waals surface area contributed by atoms with Crippen LogP contribution >= 0.6 is 0 Å². The minimum atomic E-state index is -4.44. The van der Waals surface area contributed by atoms with Gasteiger partial charge in [-0.15, -0.1) is 0 Å². The van der Waals surface area contributed by atoms with Crippen LogP contribution in [0, 0.1) is 5.92 Å². The van der Waals surface area contributed by atoms with Crippen LogP contribution in [0.1, 0.15) is 12.8 Å². The Morgan fingerprint density at radius 3 is 2.50 bits per heavy atom. The topological polar surface area (TPSA) is 58.6 Å². The number of carboxylic acids is 1. The zero-order valence-corrected chi connectivity index (χ0v) is 7.17. The Bertz CT molecular complexity index is 215. The zero-order valence-electron chi connectivity index (χ0n) is 7.17. The van der Waals surface area contributed by atoms with E-state index >= 15 is 0 Å². The number of aliphatic carboxylic acids is 1. The van der Waals surface area contributed by atoms with E-state index in [0.29, 0.717) is 12.8 Å². The molecule has 0 amide bonds. The van der Waals surface area contributed by atoms with E-state index in [-0.39, 0.29) is 5.92 Å². The van der Waals surface area contributed by atoms with Crippen LogP contribution in [0.5, 0.6) is 0 Å². The van der Waals surface area contributed by atoms with Gasteiger partial charge in [-0.2, -0.15) is 18.7 Å². The standard InChI is InChI=1S/C7H10F3NO3/c8-7(9,10)3-14-11-5(6(12)13)4-1-2-4/h4-5,11H,1-3H2,(H,12,13). The maximum absolute atomic E-state index is 11.6. The number of hydrogen-bond acceptors (Lipinski definition) is 3. The van der Waals surface area contributed by atoms with Gasteiger partial charge in [-0.1, -0.05) is 0 Å². The summed E-state index contributed by atoms with van der Waals surface area (Å²) >= 11 is 0. The van der Waals surface area contributed by atoms with Crippen LogP contribution in [0.2, 0.25) is 0 Å². The minimum absolute atomic E-state index is 0.110. The first-order valence-electron chi connectivity index (χ1n) is 4.07. The summed E-state index contributed by atoms with van der Waals surface area (Å²) in [4.78, 5) is 14.6. The van der Waals surface area contributed by atoms with Crippen LogP contribution in [0.25, 0.3) is 0 Å². The third kappa shape index (κ3) is 3.93. The number of alkyl halides is 3. The molecule has 1 atom stereocenters. The molecule has 1 rings (SSSR count). The van der Waals surface area contributed by atoms with Crippen molar-refractivity contribution in [2.45, 2.75) is 25.1 Å². The lowest BCUT2D eigenvalue weighted by molar-refractivity contribution is -0.196.